The third-order valence-electron chi connectivity index (χ3n) is 5.87. The SMILES string of the molecule is COc1ccc([C@@H]2CC(=O)N(CC(=O)Nc3ccc(C(=O)O)c(F)c3)C2)cc1OC1CCOC1. The third kappa shape index (κ3) is 5.28. The first kappa shape index (κ1) is 23.5. The maximum Gasteiger partial charge on any atom is 0.338 e. The molecule has 180 valence electrons. The summed E-state index contributed by atoms with van der Waals surface area (Å²) in [5.41, 5.74) is 0.527. The summed E-state index contributed by atoms with van der Waals surface area (Å²) in [7, 11) is 1.56. The molecular formula is C24H25FN2O7. The van der Waals surface area contributed by atoms with Crippen molar-refractivity contribution in [3.8, 4) is 11.5 Å². The van der Waals surface area contributed by atoms with Crippen molar-refractivity contribution in [3.63, 3.8) is 0 Å². The highest BCUT2D eigenvalue weighted by molar-refractivity contribution is 5.96. The summed E-state index contributed by atoms with van der Waals surface area (Å²) < 4.78 is 30.6. The van der Waals surface area contributed by atoms with Gasteiger partial charge in [0.25, 0.3) is 0 Å². The number of anilines is 1. The Morgan fingerprint density at radius 1 is 1.24 bits per heavy atom. The second kappa shape index (κ2) is 10.1. The van der Waals surface area contributed by atoms with E-state index < -0.39 is 23.3 Å². The van der Waals surface area contributed by atoms with Crippen LogP contribution in [0.2, 0.25) is 0 Å². The molecule has 0 aromatic heterocycles. The number of hydrogen-bond donors (Lipinski definition) is 2. The molecule has 0 aliphatic carbocycles. The first-order valence-corrected chi connectivity index (χ1v) is 10.9. The maximum atomic E-state index is 13.8. The molecule has 1 unspecified atom stereocenters. The van der Waals surface area contributed by atoms with Crippen LogP contribution in [-0.4, -0.2) is 67.3 Å². The standard InChI is InChI=1S/C24H25FN2O7/c1-32-20-5-2-14(8-21(20)34-17-6-7-33-13-17)15-9-23(29)27(11-15)12-22(28)26-16-3-4-18(24(30)31)19(25)10-16/h2-5,8,10,15,17H,6-7,9,11-13H2,1H3,(H,26,28)(H,30,31)/t15-,17?/m1/s1. The Balaban J connectivity index is 1.39. The van der Waals surface area contributed by atoms with E-state index >= 15 is 0 Å². The first-order valence-electron chi connectivity index (χ1n) is 10.9. The number of hydrogen-bond acceptors (Lipinski definition) is 6. The van der Waals surface area contributed by atoms with Crippen LogP contribution < -0.4 is 14.8 Å². The van der Waals surface area contributed by atoms with Crippen LogP contribution in [0.3, 0.4) is 0 Å². The van der Waals surface area contributed by atoms with Crippen molar-refractivity contribution in [1.29, 1.82) is 0 Å². The summed E-state index contributed by atoms with van der Waals surface area (Å²) in [5, 5.41) is 11.4. The van der Waals surface area contributed by atoms with Gasteiger partial charge in [-0.2, -0.15) is 0 Å². The third-order valence-corrected chi connectivity index (χ3v) is 5.87. The van der Waals surface area contributed by atoms with Crippen LogP contribution in [0.5, 0.6) is 11.5 Å². The van der Waals surface area contributed by atoms with Crippen molar-refractivity contribution in [2.24, 2.45) is 0 Å². The molecule has 0 radical (unpaired) electrons. The molecule has 2 aliphatic heterocycles. The average Bonchev–Trinajstić information content (AvgIpc) is 3.43. The number of likely N-dealkylation sites (tertiary alicyclic amines) is 1. The van der Waals surface area contributed by atoms with Crippen molar-refractivity contribution in [3.05, 3.63) is 53.3 Å². The number of ether oxygens (including phenoxy) is 3. The van der Waals surface area contributed by atoms with E-state index in [-0.39, 0.29) is 36.6 Å². The maximum absolute atomic E-state index is 13.8. The number of rotatable bonds is 8. The molecule has 0 saturated carbocycles. The topological polar surface area (TPSA) is 114 Å². The predicted octanol–water partition coefficient (Wildman–Crippen LogP) is 2.65. The Kier molecular flexibility index (Phi) is 6.97. The number of carbonyl (C=O) groups excluding carboxylic acids is 2. The highest BCUT2D eigenvalue weighted by Crippen LogP contribution is 2.36. The van der Waals surface area contributed by atoms with E-state index in [4.69, 9.17) is 19.3 Å². The number of amides is 2. The van der Waals surface area contributed by atoms with Crippen LogP contribution in [0, 0.1) is 5.82 Å². The van der Waals surface area contributed by atoms with Crippen molar-refractivity contribution in [1.82, 2.24) is 4.90 Å². The molecular weight excluding hydrogens is 447 g/mol. The van der Waals surface area contributed by atoms with E-state index in [9.17, 15) is 18.8 Å². The van der Waals surface area contributed by atoms with E-state index in [1.807, 2.05) is 12.1 Å². The van der Waals surface area contributed by atoms with Crippen LogP contribution in [-0.2, 0) is 14.3 Å². The zero-order chi connectivity index (χ0) is 24.2. The van der Waals surface area contributed by atoms with Crippen molar-refractivity contribution < 1.29 is 38.1 Å². The Morgan fingerprint density at radius 3 is 2.74 bits per heavy atom. The van der Waals surface area contributed by atoms with Gasteiger partial charge >= 0.3 is 5.97 Å². The lowest BCUT2D eigenvalue weighted by Gasteiger charge is -2.19. The highest BCUT2D eigenvalue weighted by Gasteiger charge is 2.32. The fraction of sp³-hybridized carbons (Fsp3) is 0.375. The number of carboxylic acid groups (broad SMARTS) is 1. The van der Waals surface area contributed by atoms with Crippen LogP contribution in [0.15, 0.2) is 36.4 Å². The molecule has 2 fully saturated rings. The number of halogens is 1. The number of nitrogens with one attached hydrogen (secondary N) is 1. The zero-order valence-electron chi connectivity index (χ0n) is 18.6. The number of aromatic carboxylic acids is 1. The first-order chi connectivity index (χ1) is 16.3. The summed E-state index contributed by atoms with van der Waals surface area (Å²) in [6.07, 6.45) is 0.984. The number of benzene rings is 2. The summed E-state index contributed by atoms with van der Waals surface area (Å²) in [6, 6.07) is 8.86. The Hall–Kier alpha value is -3.66. The average molecular weight is 472 g/mol. The second-order valence-electron chi connectivity index (χ2n) is 8.24. The summed E-state index contributed by atoms with van der Waals surface area (Å²) in [4.78, 5) is 37.3. The normalized spacial score (nSPS) is 19.8. The molecule has 9 nitrogen and oxygen atoms in total. The van der Waals surface area contributed by atoms with Gasteiger partial charge in [-0.3, -0.25) is 9.59 Å². The Bertz CT molecular complexity index is 1100. The van der Waals surface area contributed by atoms with Gasteiger partial charge in [0.15, 0.2) is 11.5 Å². The molecule has 2 N–H and O–H groups in total. The fourth-order valence-corrected chi connectivity index (χ4v) is 4.11. The van der Waals surface area contributed by atoms with Gasteiger partial charge in [-0.1, -0.05) is 6.07 Å². The highest BCUT2D eigenvalue weighted by atomic mass is 19.1. The predicted molar refractivity (Wildman–Crippen MR) is 119 cm³/mol. The quantitative estimate of drug-likeness (QED) is 0.607. The molecule has 2 atom stereocenters. The summed E-state index contributed by atoms with van der Waals surface area (Å²) in [6.45, 7) is 1.31. The van der Waals surface area contributed by atoms with Crippen molar-refractivity contribution >= 4 is 23.5 Å². The van der Waals surface area contributed by atoms with E-state index in [1.165, 1.54) is 11.0 Å². The van der Waals surface area contributed by atoms with E-state index in [1.54, 1.807) is 13.2 Å². The number of methoxy groups -OCH3 is 1. The van der Waals surface area contributed by atoms with Gasteiger partial charge in [0.05, 0.1) is 32.4 Å². The van der Waals surface area contributed by atoms with Gasteiger partial charge in [-0.05, 0) is 35.9 Å². The molecule has 34 heavy (non-hydrogen) atoms. The molecule has 0 bridgehead atoms. The van der Waals surface area contributed by atoms with Gasteiger partial charge in [0, 0.05) is 31.0 Å². The molecule has 2 aliphatic rings. The van der Waals surface area contributed by atoms with Crippen molar-refractivity contribution in [2.45, 2.75) is 24.9 Å². The monoisotopic (exact) mass is 472 g/mol. The minimum atomic E-state index is -1.40. The van der Waals surface area contributed by atoms with E-state index in [0.717, 1.165) is 24.1 Å². The lowest BCUT2D eigenvalue weighted by Crippen LogP contribution is -2.34. The Morgan fingerprint density at radius 2 is 2.06 bits per heavy atom. The molecule has 0 spiro atoms. The smallest absolute Gasteiger partial charge is 0.338 e. The number of carbonyl (C=O) groups is 3. The van der Waals surface area contributed by atoms with Crippen LogP contribution in [0.1, 0.15) is 34.7 Å². The lowest BCUT2D eigenvalue weighted by molar-refractivity contribution is -0.131. The van der Waals surface area contributed by atoms with E-state index in [2.05, 4.69) is 5.32 Å². The molecule has 10 heteroatoms. The minimum absolute atomic E-state index is 0.0519. The summed E-state index contributed by atoms with van der Waals surface area (Å²) in [5.74, 6) is -1.97. The molecule has 4 rings (SSSR count). The van der Waals surface area contributed by atoms with E-state index in [0.29, 0.717) is 31.3 Å². The molecule has 2 amide bonds. The summed E-state index contributed by atoms with van der Waals surface area (Å²) >= 11 is 0. The van der Waals surface area contributed by atoms with Crippen LogP contribution in [0.25, 0.3) is 0 Å². The van der Waals surface area contributed by atoms with Crippen LogP contribution in [0.4, 0.5) is 10.1 Å². The van der Waals surface area contributed by atoms with Gasteiger partial charge in [-0.15, -0.1) is 0 Å². The molecule has 2 heterocycles. The van der Waals surface area contributed by atoms with Crippen LogP contribution >= 0.6 is 0 Å². The molecule has 2 saturated heterocycles. The van der Waals surface area contributed by atoms with Gasteiger partial charge in [0.2, 0.25) is 11.8 Å². The molecule has 2 aromatic rings. The molecule has 2 aromatic carbocycles. The Labute approximate surface area is 195 Å². The second-order valence-corrected chi connectivity index (χ2v) is 8.24. The zero-order valence-corrected chi connectivity index (χ0v) is 18.6. The number of nitrogens with zero attached hydrogens (tertiary/aromatic N) is 1. The minimum Gasteiger partial charge on any atom is -0.493 e. The van der Waals surface area contributed by atoms with Gasteiger partial charge in [0.1, 0.15) is 11.9 Å². The fourth-order valence-electron chi connectivity index (χ4n) is 4.11. The number of carboxylic acids is 1. The largest absolute Gasteiger partial charge is 0.493 e. The van der Waals surface area contributed by atoms with Gasteiger partial charge in [-0.25, -0.2) is 9.18 Å². The van der Waals surface area contributed by atoms with Crippen molar-refractivity contribution in [2.75, 3.05) is 38.7 Å². The van der Waals surface area contributed by atoms with Gasteiger partial charge < -0.3 is 29.5 Å². The lowest BCUT2D eigenvalue weighted by atomic mass is 9.98.